The summed E-state index contributed by atoms with van der Waals surface area (Å²) in [6, 6.07) is 16.2. The molecule has 0 aliphatic carbocycles. The van der Waals surface area contributed by atoms with Crippen molar-refractivity contribution in [3.05, 3.63) is 77.0 Å². The first-order chi connectivity index (χ1) is 11.5. The molecular weight excluding hydrogens is 377 g/mol. The molecule has 25 heavy (non-hydrogen) atoms. The first kappa shape index (κ1) is 19.7. The lowest BCUT2D eigenvalue weighted by Crippen LogP contribution is -2.06. The first-order valence-electron chi connectivity index (χ1n) is 7.69. The predicted octanol–water partition coefficient (Wildman–Crippen LogP) is 4.79. The van der Waals surface area contributed by atoms with Gasteiger partial charge in [-0.05, 0) is 35.8 Å². The molecule has 132 valence electrons. The summed E-state index contributed by atoms with van der Waals surface area (Å²) in [6.07, 6.45) is 0.762. The van der Waals surface area contributed by atoms with Gasteiger partial charge in [0.2, 0.25) is 0 Å². The second kappa shape index (κ2) is 8.17. The molecule has 6 heteroatoms. The van der Waals surface area contributed by atoms with Crippen molar-refractivity contribution in [1.82, 2.24) is 0 Å². The number of aliphatic imine (C=N–C) groups is 1. The van der Waals surface area contributed by atoms with Gasteiger partial charge in [-0.3, -0.25) is 4.99 Å². The van der Waals surface area contributed by atoms with Gasteiger partial charge in [-0.15, -0.1) is 24.0 Å². The molecule has 0 aromatic heterocycles. The number of alkyl halides is 1. The lowest BCUT2D eigenvalue weighted by atomic mass is 10.1. The average Bonchev–Trinajstić information content (AvgIpc) is 2.96. The fourth-order valence-corrected chi connectivity index (χ4v) is 4.33. The van der Waals surface area contributed by atoms with Crippen LogP contribution in [0.4, 0.5) is 0 Å². The quantitative estimate of drug-likeness (QED) is 0.683. The second-order valence-electron chi connectivity index (χ2n) is 5.86. The van der Waals surface area contributed by atoms with Gasteiger partial charge in [0.05, 0.1) is 27.9 Å². The molecule has 2 aromatic carbocycles. The minimum Gasteiger partial charge on any atom is -0.256 e. The van der Waals surface area contributed by atoms with E-state index in [1.54, 1.807) is 12.1 Å². The molecule has 0 N–H and O–H groups in total. The van der Waals surface area contributed by atoms with E-state index < -0.39 is 9.84 Å². The Morgan fingerprint density at radius 2 is 1.68 bits per heavy atom. The molecular formula is C19H19Cl2NO2S. The standard InChI is InChI=1S/C19H18ClNO2S.ClH/c1-14-11-18(21-19(14)12-20)16-7-9-17(10-8-16)24(22,23)13-15-5-3-2-4-6-15;/h2-10H,11-13H2,1H3;1H. The van der Waals surface area contributed by atoms with Gasteiger partial charge in [0.25, 0.3) is 0 Å². The fourth-order valence-electron chi connectivity index (χ4n) is 2.69. The molecule has 0 spiro atoms. The van der Waals surface area contributed by atoms with E-state index in [2.05, 4.69) is 4.99 Å². The molecule has 0 saturated carbocycles. The van der Waals surface area contributed by atoms with E-state index >= 15 is 0 Å². The number of halogens is 2. The van der Waals surface area contributed by atoms with Crippen LogP contribution in [0.5, 0.6) is 0 Å². The van der Waals surface area contributed by atoms with Gasteiger partial charge >= 0.3 is 0 Å². The van der Waals surface area contributed by atoms with Crippen LogP contribution in [0.2, 0.25) is 0 Å². The topological polar surface area (TPSA) is 46.5 Å². The highest BCUT2D eigenvalue weighted by atomic mass is 35.5. The highest BCUT2D eigenvalue weighted by molar-refractivity contribution is 7.90. The van der Waals surface area contributed by atoms with Crippen molar-refractivity contribution >= 4 is 39.6 Å². The lowest BCUT2D eigenvalue weighted by Gasteiger charge is -2.07. The summed E-state index contributed by atoms with van der Waals surface area (Å²) in [4.78, 5) is 4.86. The summed E-state index contributed by atoms with van der Waals surface area (Å²) in [5.41, 5.74) is 4.74. The lowest BCUT2D eigenvalue weighted by molar-refractivity contribution is 0.595. The minimum absolute atomic E-state index is 0. The molecule has 1 aliphatic rings. The number of allylic oxidation sites excluding steroid dienone is 2. The summed E-state index contributed by atoms with van der Waals surface area (Å²) < 4.78 is 25.1. The van der Waals surface area contributed by atoms with Gasteiger partial charge in [-0.2, -0.15) is 0 Å². The van der Waals surface area contributed by atoms with E-state index in [9.17, 15) is 8.42 Å². The first-order valence-corrected chi connectivity index (χ1v) is 9.87. The minimum atomic E-state index is -3.35. The van der Waals surface area contributed by atoms with Crippen molar-refractivity contribution in [3.8, 4) is 0 Å². The molecule has 1 aliphatic heterocycles. The predicted molar refractivity (Wildman–Crippen MR) is 106 cm³/mol. The van der Waals surface area contributed by atoms with Crippen LogP contribution in [0.25, 0.3) is 0 Å². The Morgan fingerprint density at radius 3 is 2.24 bits per heavy atom. The number of rotatable bonds is 5. The Kier molecular flexibility index (Phi) is 6.44. The van der Waals surface area contributed by atoms with Crippen LogP contribution in [0.3, 0.4) is 0 Å². The molecule has 0 radical (unpaired) electrons. The second-order valence-corrected chi connectivity index (χ2v) is 8.12. The van der Waals surface area contributed by atoms with Gasteiger partial charge in [0, 0.05) is 6.42 Å². The summed E-state index contributed by atoms with van der Waals surface area (Å²) in [5, 5.41) is 0. The zero-order chi connectivity index (χ0) is 17.2. The third-order valence-electron chi connectivity index (χ3n) is 4.07. The molecule has 3 rings (SSSR count). The molecule has 0 atom stereocenters. The van der Waals surface area contributed by atoms with E-state index in [0.717, 1.165) is 29.0 Å². The highest BCUT2D eigenvalue weighted by Gasteiger charge is 2.18. The van der Waals surface area contributed by atoms with Crippen LogP contribution in [-0.4, -0.2) is 20.0 Å². The average molecular weight is 396 g/mol. The summed E-state index contributed by atoms with van der Waals surface area (Å²) >= 11 is 5.87. The number of sulfone groups is 1. The molecule has 0 bridgehead atoms. The Hall–Kier alpha value is -1.62. The van der Waals surface area contributed by atoms with E-state index in [4.69, 9.17) is 11.6 Å². The van der Waals surface area contributed by atoms with Gasteiger partial charge < -0.3 is 0 Å². The summed E-state index contributed by atoms with van der Waals surface area (Å²) in [7, 11) is -3.35. The van der Waals surface area contributed by atoms with Gasteiger partial charge in [0.1, 0.15) is 0 Å². The number of benzene rings is 2. The maximum atomic E-state index is 12.5. The van der Waals surface area contributed by atoms with Gasteiger partial charge in [0.15, 0.2) is 9.84 Å². The smallest absolute Gasteiger partial charge is 0.182 e. The molecule has 3 nitrogen and oxygen atoms in total. The van der Waals surface area contributed by atoms with Crippen molar-refractivity contribution < 1.29 is 8.42 Å². The van der Waals surface area contributed by atoms with Crippen LogP contribution >= 0.6 is 24.0 Å². The maximum absolute atomic E-state index is 12.5. The van der Waals surface area contributed by atoms with Crippen LogP contribution in [0.15, 0.2) is 75.8 Å². The number of hydrogen-bond acceptors (Lipinski definition) is 3. The van der Waals surface area contributed by atoms with Crippen LogP contribution in [0, 0.1) is 0 Å². The van der Waals surface area contributed by atoms with Crippen molar-refractivity contribution in [1.29, 1.82) is 0 Å². The molecule has 0 saturated heterocycles. The Morgan fingerprint density at radius 1 is 1.04 bits per heavy atom. The fraction of sp³-hybridized carbons (Fsp3) is 0.211. The highest BCUT2D eigenvalue weighted by Crippen LogP contribution is 2.25. The van der Waals surface area contributed by atoms with Crippen LogP contribution < -0.4 is 0 Å². The number of nitrogens with zero attached hydrogens (tertiary/aromatic N) is 1. The van der Waals surface area contributed by atoms with Crippen molar-refractivity contribution in [3.63, 3.8) is 0 Å². The Bertz CT molecular complexity index is 902. The Labute approximate surface area is 159 Å². The van der Waals surface area contributed by atoms with E-state index in [0.29, 0.717) is 10.8 Å². The van der Waals surface area contributed by atoms with Crippen molar-refractivity contribution in [2.45, 2.75) is 24.0 Å². The zero-order valence-electron chi connectivity index (χ0n) is 13.8. The maximum Gasteiger partial charge on any atom is 0.182 e. The molecule has 0 fully saturated rings. The molecule has 0 unspecified atom stereocenters. The summed E-state index contributed by atoms with van der Waals surface area (Å²) in [6.45, 7) is 2.02. The SMILES string of the molecule is CC1=C(CCl)N=C(c2ccc(S(=O)(=O)Cc3ccccc3)cc2)C1.Cl. The Balaban J connectivity index is 0.00000225. The largest absolute Gasteiger partial charge is 0.256 e. The van der Waals surface area contributed by atoms with E-state index in [1.807, 2.05) is 49.4 Å². The van der Waals surface area contributed by atoms with Crippen molar-refractivity contribution in [2.75, 3.05) is 5.88 Å². The van der Waals surface area contributed by atoms with Gasteiger partial charge in [-0.1, -0.05) is 42.5 Å². The number of hydrogen-bond donors (Lipinski definition) is 0. The van der Waals surface area contributed by atoms with Gasteiger partial charge in [-0.25, -0.2) is 8.42 Å². The molecule has 1 heterocycles. The molecule has 0 amide bonds. The van der Waals surface area contributed by atoms with E-state index in [1.165, 1.54) is 5.57 Å². The third kappa shape index (κ3) is 4.51. The zero-order valence-corrected chi connectivity index (χ0v) is 16.2. The normalized spacial score (nSPS) is 14.2. The monoisotopic (exact) mass is 395 g/mol. The van der Waals surface area contributed by atoms with Crippen LogP contribution in [0.1, 0.15) is 24.5 Å². The van der Waals surface area contributed by atoms with E-state index in [-0.39, 0.29) is 18.2 Å². The third-order valence-corrected chi connectivity index (χ3v) is 6.02. The van der Waals surface area contributed by atoms with Crippen LogP contribution in [-0.2, 0) is 15.6 Å². The van der Waals surface area contributed by atoms with Crippen molar-refractivity contribution in [2.24, 2.45) is 4.99 Å². The summed E-state index contributed by atoms with van der Waals surface area (Å²) in [5.74, 6) is 0.407. The molecule has 2 aromatic rings.